The highest BCUT2D eigenvalue weighted by Crippen LogP contribution is 2.44. The topological polar surface area (TPSA) is 56.0 Å². The molecule has 94 valence electrons. The Kier molecular flexibility index (Phi) is 4.62. The smallest absolute Gasteiger partial charge is 0.258 e. The van der Waals surface area contributed by atoms with Crippen LogP contribution in [0.15, 0.2) is 12.1 Å². The molecule has 4 nitrogen and oxygen atoms in total. The number of halogens is 6. The fraction of sp³-hybridized carbons (Fsp3) is 0.286. The molecule has 0 spiro atoms. The molecule has 0 saturated carbocycles. The molecular formula is C7H2Cl6N2O2. The van der Waals surface area contributed by atoms with Crippen LogP contribution in [0.5, 0.6) is 0 Å². The van der Waals surface area contributed by atoms with Gasteiger partial charge < -0.3 is 0 Å². The van der Waals surface area contributed by atoms with Gasteiger partial charge in [0.1, 0.15) is 0 Å². The predicted octanol–water partition coefficient (Wildman–Crippen LogP) is 4.64. The lowest BCUT2D eigenvalue weighted by Gasteiger charge is -2.15. The number of nitrogens with zero attached hydrogens (tertiary/aromatic N) is 2. The van der Waals surface area contributed by atoms with Gasteiger partial charge in [-0.3, -0.25) is 10.1 Å². The van der Waals surface area contributed by atoms with Crippen LogP contribution in [0.3, 0.4) is 0 Å². The first-order valence-corrected chi connectivity index (χ1v) is 6.10. The molecule has 0 bridgehead atoms. The van der Waals surface area contributed by atoms with Crippen molar-refractivity contribution in [2.24, 2.45) is 0 Å². The number of hydrogen-bond acceptors (Lipinski definition) is 3. The van der Waals surface area contributed by atoms with Gasteiger partial charge in [-0.05, 0) is 6.07 Å². The Morgan fingerprint density at radius 2 is 1.59 bits per heavy atom. The van der Waals surface area contributed by atoms with E-state index in [1.54, 1.807) is 0 Å². The van der Waals surface area contributed by atoms with E-state index in [1.807, 2.05) is 0 Å². The number of pyridine rings is 1. The molecule has 0 aromatic carbocycles. The number of aromatic nitrogens is 1. The molecule has 0 atom stereocenters. The molecule has 0 N–H and O–H groups in total. The molecule has 0 fully saturated rings. The summed E-state index contributed by atoms with van der Waals surface area (Å²) < 4.78 is -3.95. The van der Waals surface area contributed by atoms with Gasteiger partial charge in [-0.2, -0.15) is 0 Å². The van der Waals surface area contributed by atoms with E-state index in [4.69, 9.17) is 69.6 Å². The SMILES string of the molecule is O=[N+]([O-])c1ccc(C(Cl)(Cl)Cl)nc1C(Cl)(Cl)Cl. The Labute approximate surface area is 126 Å². The summed E-state index contributed by atoms with van der Waals surface area (Å²) in [6.45, 7) is 0. The minimum atomic E-state index is -2.09. The molecule has 0 aliphatic carbocycles. The molecule has 1 rings (SSSR count). The van der Waals surface area contributed by atoms with Gasteiger partial charge in [-0.1, -0.05) is 69.6 Å². The zero-order valence-corrected chi connectivity index (χ0v) is 12.2. The molecule has 0 aliphatic rings. The van der Waals surface area contributed by atoms with E-state index in [2.05, 4.69) is 4.98 Å². The van der Waals surface area contributed by atoms with Crippen LogP contribution in [-0.2, 0) is 7.59 Å². The van der Waals surface area contributed by atoms with Crippen molar-refractivity contribution in [3.63, 3.8) is 0 Å². The van der Waals surface area contributed by atoms with E-state index >= 15 is 0 Å². The number of nitro groups is 1. The van der Waals surface area contributed by atoms with E-state index < -0.39 is 23.9 Å². The summed E-state index contributed by atoms with van der Waals surface area (Å²) in [4.78, 5) is 13.7. The van der Waals surface area contributed by atoms with Crippen LogP contribution in [-0.4, -0.2) is 9.91 Å². The van der Waals surface area contributed by atoms with Crippen molar-refractivity contribution in [2.45, 2.75) is 7.59 Å². The fourth-order valence-electron chi connectivity index (χ4n) is 0.966. The van der Waals surface area contributed by atoms with Crippen molar-refractivity contribution in [3.8, 4) is 0 Å². The lowest BCUT2D eigenvalue weighted by molar-refractivity contribution is -0.385. The largest absolute Gasteiger partial charge is 0.295 e. The maximum Gasteiger partial charge on any atom is 0.295 e. The van der Waals surface area contributed by atoms with Crippen molar-refractivity contribution in [1.82, 2.24) is 4.98 Å². The molecule has 0 unspecified atom stereocenters. The predicted molar refractivity (Wildman–Crippen MR) is 69.4 cm³/mol. The summed E-state index contributed by atoms with van der Waals surface area (Å²) in [7, 11) is 0. The van der Waals surface area contributed by atoms with Crippen molar-refractivity contribution in [2.75, 3.05) is 0 Å². The molecule has 0 aliphatic heterocycles. The third kappa shape index (κ3) is 3.88. The second-order valence-corrected chi connectivity index (χ2v) is 7.38. The highest BCUT2D eigenvalue weighted by Gasteiger charge is 2.36. The van der Waals surface area contributed by atoms with Crippen LogP contribution in [0.1, 0.15) is 11.4 Å². The highest BCUT2D eigenvalue weighted by molar-refractivity contribution is 6.67. The molecule has 1 aromatic heterocycles. The minimum Gasteiger partial charge on any atom is -0.258 e. The summed E-state index contributed by atoms with van der Waals surface area (Å²) in [6, 6.07) is 2.23. The van der Waals surface area contributed by atoms with Crippen LogP contribution in [0, 0.1) is 10.1 Å². The lowest BCUT2D eigenvalue weighted by Crippen LogP contribution is -2.13. The Morgan fingerprint density at radius 1 is 1.06 bits per heavy atom. The van der Waals surface area contributed by atoms with Crippen molar-refractivity contribution in [1.29, 1.82) is 0 Å². The third-order valence-electron chi connectivity index (χ3n) is 1.63. The Morgan fingerprint density at radius 3 is 1.94 bits per heavy atom. The quantitative estimate of drug-likeness (QED) is 0.417. The van der Waals surface area contributed by atoms with Crippen molar-refractivity contribution < 1.29 is 4.92 Å². The Balaban J connectivity index is 3.46. The van der Waals surface area contributed by atoms with Crippen LogP contribution >= 0.6 is 69.6 Å². The molecule has 10 heteroatoms. The van der Waals surface area contributed by atoms with E-state index in [-0.39, 0.29) is 5.69 Å². The second-order valence-electron chi connectivity index (χ2n) is 2.82. The summed E-state index contributed by atoms with van der Waals surface area (Å²) in [5.41, 5.74) is -0.950. The van der Waals surface area contributed by atoms with Gasteiger partial charge in [0, 0.05) is 6.07 Å². The van der Waals surface area contributed by atoms with Crippen LogP contribution in [0.4, 0.5) is 5.69 Å². The van der Waals surface area contributed by atoms with Crippen LogP contribution < -0.4 is 0 Å². The summed E-state index contributed by atoms with van der Waals surface area (Å²) in [6.07, 6.45) is 0. The summed E-state index contributed by atoms with van der Waals surface area (Å²) in [5, 5.41) is 10.7. The van der Waals surface area contributed by atoms with E-state index in [0.717, 1.165) is 6.07 Å². The molecule has 0 saturated heterocycles. The number of rotatable bonds is 1. The monoisotopic (exact) mass is 356 g/mol. The Bertz CT molecular complexity index is 453. The first kappa shape index (κ1) is 15.3. The number of alkyl halides is 6. The van der Waals surface area contributed by atoms with E-state index in [1.165, 1.54) is 6.07 Å². The maximum atomic E-state index is 10.7. The van der Waals surface area contributed by atoms with Crippen molar-refractivity contribution in [3.05, 3.63) is 33.6 Å². The lowest BCUT2D eigenvalue weighted by atomic mass is 10.3. The van der Waals surface area contributed by atoms with Gasteiger partial charge in [-0.15, -0.1) is 0 Å². The van der Waals surface area contributed by atoms with Gasteiger partial charge in [0.2, 0.25) is 7.59 Å². The summed E-state index contributed by atoms with van der Waals surface area (Å²) >= 11 is 33.4. The van der Waals surface area contributed by atoms with Gasteiger partial charge in [0.25, 0.3) is 5.69 Å². The first-order valence-electron chi connectivity index (χ1n) is 3.83. The molecule has 1 aromatic rings. The molecule has 1 heterocycles. The zero-order chi connectivity index (χ0) is 13.4. The fourth-order valence-corrected chi connectivity index (χ4v) is 1.70. The standard InChI is InChI=1S/C7H2Cl6N2O2/c8-6(9,10)4-2-1-3(15(16)17)5(14-4)7(11,12)13/h1-2H. The maximum absolute atomic E-state index is 10.7. The highest BCUT2D eigenvalue weighted by atomic mass is 35.6. The van der Waals surface area contributed by atoms with Gasteiger partial charge >= 0.3 is 0 Å². The Hall–Kier alpha value is 0.290. The van der Waals surface area contributed by atoms with Crippen LogP contribution in [0.2, 0.25) is 0 Å². The van der Waals surface area contributed by atoms with Gasteiger partial charge in [0.15, 0.2) is 5.69 Å². The normalized spacial score (nSPS) is 12.6. The zero-order valence-electron chi connectivity index (χ0n) is 7.63. The molecule has 0 radical (unpaired) electrons. The third-order valence-corrected chi connectivity index (χ3v) is 2.75. The molecule has 17 heavy (non-hydrogen) atoms. The first-order chi connectivity index (χ1) is 7.53. The molecular weight excluding hydrogens is 357 g/mol. The van der Waals surface area contributed by atoms with E-state index in [9.17, 15) is 10.1 Å². The summed E-state index contributed by atoms with van der Waals surface area (Å²) in [5.74, 6) is 0. The van der Waals surface area contributed by atoms with E-state index in [0.29, 0.717) is 0 Å². The van der Waals surface area contributed by atoms with Crippen LogP contribution in [0.25, 0.3) is 0 Å². The number of hydrogen-bond donors (Lipinski definition) is 0. The minimum absolute atomic E-state index is 0.0746. The van der Waals surface area contributed by atoms with Crippen molar-refractivity contribution >= 4 is 75.3 Å². The van der Waals surface area contributed by atoms with Gasteiger partial charge in [0.05, 0.1) is 10.6 Å². The second kappa shape index (κ2) is 5.11. The van der Waals surface area contributed by atoms with Gasteiger partial charge in [-0.25, -0.2) is 4.98 Å². The average molecular weight is 359 g/mol. The average Bonchev–Trinajstić information content (AvgIpc) is 2.14. The molecule has 0 amide bonds.